The molecule has 0 radical (unpaired) electrons. The van der Waals surface area contributed by atoms with Gasteiger partial charge >= 0.3 is 5.97 Å². The molecule has 1 aliphatic rings. The zero-order valence-electron chi connectivity index (χ0n) is 12.2. The van der Waals surface area contributed by atoms with Crippen molar-refractivity contribution in [1.82, 2.24) is 4.98 Å². The van der Waals surface area contributed by atoms with Gasteiger partial charge in [-0.15, -0.1) is 0 Å². The van der Waals surface area contributed by atoms with E-state index in [-0.39, 0.29) is 5.15 Å². The van der Waals surface area contributed by atoms with Crippen LogP contribution in [0.1, 0.15) is 49.2 Å². The molecule has 0 spiro atoms. The van der Waals surface area contributed by atoms with Crippen molar-refractivity contribution in [3.8, 4) is 0 Å². The van der Waals surface area contributed by atoms with E-state index >= 15 is 0 Å². The van der Waals surface area contributed by atoms with E-state index in [0.717, 1.165) is 11.7 Å². The van der Waals surface area contributed by atoms with Crippen molar-refractivity contribution in [3.05, 3.63) is 10.0 Å². The van der Waals surface area contributed by atoms with Crippen LogP contribution < -0.4 is 4.90 Å². The Morgan fingerprint density at radius 2 is 2.40 bits per heavy atom. The summed E-state index contributed by atoms with van der Waals surface area (Å²) in [5, 5.41) is 1.10. The van der Waals surface area contributed by atoms with Crippen LogP contribution in [0.4, 0.5) is 5.13 Å². The van der Waals surface area contributed by atoms with Gasteiger partial charge in [-0.3, -0.25) is 0 Å². The lowest BCUT2D eigenvalue weighted by Crippen LogP contribution is -2.34. The molecular weight excluding hydrogens is 296 g/mol. The maximum atomic E-state index is 11.6. The Kier molecular flexibility index (Phi) is 5.27. The molecule has 2 unspecified atom stereocenters. The third-order valence-electron chi connectivity index (χ3n) is 3.89. The largest absolute Gasteiger partial charge is 0.465 e. The molecule has 2 heterocycles. The number of nitrogens with zero attached hydrogens (tertiary/aromatic N) is 2. The molecule has 1 fully saturated rings. The second-order valence-electron chi connectivity index (χ2n) is 5.28. The maximum absolute atomic E-state index is 11.6. The van der Waals surface area contributed by atoms with Gasteiger partial charge in [0.25, 0.3) is 0 Å². The Labute approximate surface area is 129 Å². The summed E-state index contributed by atoms with van der Waals surface area (Å²) in [6.45, 7) is 5.50. The molecule has 1 aromatic rings. The van der Waals surface area contributed by atoms with Gasteiger partial charge in [0.1, 0.15) is 0 Å². The molecule has 0 bridgehead atoms. The predicted molar refractivity (Wildman–Crippen MR) is 82.9 cm³/mol. The monoisotopic (exact) mass is 316 g/mol. The van der Waals surface area contributed by atoms with Gasteiger partial charge in [-0.05, 0) is 25.2 Å². The summed E-state index contributed by atoms with van der Waals surface area (Å²) in [4.78, 5) is 18.7. The summed E-state index contributed by atoms with van der Waals surface area (Å²) < 4.78 is 4.73. The number of rotatable bonds is 5. The maximum Gasteiger partial charge on any atom is 0.351 e. The topological polar surface area (TPSA) is 42.4 Å². The Bertz CT molecular complexity index is 478. The van der Waals surface area contributed by atoms with Gasteiger partial charge in [0.15, 0.2) is 15.2 Å². The molecule has 1 aromatic heterocycles. The van der Waals surface area contributed by atoms with Crippen molar-refractivity contribution in [2.75, 3.05) is 18.6 Å². The van der Waals surface area contributed by atoms with E-state index in [9.17, 15) is 4.79 Å². The van der Waals surface area contributed by atoms with E-state index in [1.807, 2.05) is 0 Å². The van der Waals surface area contributed by atoms with Gasteiger partial charge in [0.2, 0.25) is 0 Å². The smallest absolute Gasteiger partial charge is 0.351 e. The Balaban J connectivity index is 2.20. The van der Waals surface area contributed by atoms with Crippen molar-refractivity contribution in [1.29, 1.82) is 0 Å². The average Bonchev–Trinajstić information content (AvgIpc) is 3.04. The molecule has 4 nitrogen and oxygen atoms in total. The van der Waals surface area contributed by atoms with Crippen LogP contribution >= 0.6 is 22.9 Å². The fourth-order valence-corrected chi connectivity index (χ4v) is 4.18. The first-order chi connectivity index (χ1) is 9.58. The van der Waals surface area contributed by atoms with Gasteiger partial charge in [0, 0.05) is 12.6 Å². The number of ether oxygens (including phenoxy) is 1. The molecule has 0 N–H and O–H groups in total. The van der Waals surface area contributed by atoms with Crippen molar-refractivity contribution in [3.63, 3.8) is 0 Å². The van der Waals surface area contributed by atoms with Gasteiger partial charge in [-0.1, -0.05) is 43.2 Å². The molecule has 0 saturated carbocycles. The van der Waals surface area contributed by atoms with Gasteiger partial charge in [-0.2, -0.15) is 0 Å². The molecule has 1 saturated heterocycles. The number of thiazole rings is 1. The molecule has 6 heteroatoms. The predicted octanol–water partition coefficient (Wildman–Crippen LogP) is 3.99. The van der Waals surface area contributed by atoms with Crippen LogP contribution in [0, 0.1) is 5.92 Å². The molecule has 2 atom stereocenters. The highest BCUT2D eigenvalue weighted by Gasteiger charge is 2.32. The normalized spacial score (nSPS) is 20.2. The van der Waals surface area contributed by atoms with Crippen LogP contribution in [0.3, 0.4) is 0 Å². The van der Waals surface area contributed by atoms with Crippen LogP contribution in [0.15, 0.2) is 0 Å². The minimum absolute atomic E-state index is 0.255. The van der Waals surface area contributed by atoms with E-state index in [1.54, 1.807) is 0 Å². The number of halogens is 1. The molecule has 0 aromatic carbocycles. The van der Waals surface area contributed by atoms with Crippen LogP contribution in [0.25, 0.3) is 0 Å². The number of carbonyl (C=O) groups excluding carboxylic acids is 1. The highest BCUT2D eigenvalue weighted by Crippen LogP contribution is 2.37. The highest BCUT2D eigenvalue weighted by atomic mass is 35.5. The molecule has 112 valence electrons. The first-order valence-corrected chi connectivity index (χ1v) is 8.29. The van der Waals surface area contributed by atoms with Crippen molar-refractivity contribution in [2.45, 2.75) is 45.6 Å². The lowest BCUT2D eigenvalue weighted by molar-refractivity contribution is 0.0606. The number of esters is 1. The summed E-state index contributed by atoms with van der Waals surface area (Å²) in [7, 11) is 1.36. The third-order valence-corrected chi connectivity index (χ3v) is 5.35. The van der Waals surface area contributed by atoms with E-state index in [0.29, 0.717) is 16.8 Å². The first-order valence-electron chi connectivity index (χ1n) is 7.09. The molecule has 1 aliphatic heterocycles. The molecule has 0 aliphatic carbocycles. The Morgan fingerprint density at radius 1 is 1.65 bits per heavy atom. The Hall–Kier alpha value is -0.810. The number of methoxy groups -OCH3 is 1. The lowest BCUT2D eigenvalue weighted by Gasteiger charge is -2.29. The zero-order valence-corrected chi connectivity index (χ0v) is 13.8. The number of hydrogen-bond acceptors (Lipinski definition) is 5. The summed E-state index contributed by atoms with van der Waals surface area (Å²) in [5.41, 5.74) is 0. The van der Waals surface area contributed by atoms with E-state index in [4.69, 9.17) is 16.3 Å². The fraction of sp³-hybridized carbons (Fsp3) is 0.714. The highest BCUT2D eigenvalue weighted by molar-refractivity contribution is 7.18. The van der Waals surface area contributed by atoms with Crippen LogP contribution in [0.2, 0.25) is 5.15 Å². The standard InChI is InChI=1S/C14H21ClN2O2S/c1-4-6-9(2)10-7-5-8-17(10)14-16-12(15)11(20-14)13(18)19-3/h9-10H,4-8H2,1-3H3. The third kappa shape index (κ3) is 3.09. The second-order valence-corrected chi connectivity index (χ2v) is 6.61. The van der Waals surface area contributed by atoms with E-state index in [1.165, 1.54) is 44.1 Å². The average molecular weight is 317 g/mol. The van der Waals surface area contributed by atoms with Crippen molar-refractivity contribution in [2.24, 2.45) is 5.92 Å². The van der Waals surface area contributed by atoms with E-state index in [2.05, 4.69) is 23.7 Å². The summed E-state index contributed by atoms with van der Waals surface area (Å²) in [6.07, 6.45) is 4.76. The molecule has 2 rings (SSSR count). The molecular formula is C14H21ClN2O2S. The van der Waals surface area contributed by atoms with Crippen LogP contribution in [-0.2, 0) is 4.74 Å². The first kappa shape index (κ1) is 15.6. The van der Waals surface area contributed by atoms with Gasteiger partial charge < -0.3 is 9.64 Å². The van der Waals surface area contributed by atoms with Gasteiger partial charge in [-0.25, -0.2) is 9.78 Å². The summed E-state index contributed by atoms with van der Waals surface area (Å²) in [5.74, 6) is 0.225. The summed E-state index contributed by atoms with van der Waals surface area (Å²) >= 11 is 7.39. The van der Waals surface area contributed by atoms with Crippen LogP contribution in [0.5, 0.6) is 0 Å². The van der Waals surface area contributed by atoms with E-state index < -0.39 is 5.97 Å². The fourth-order valence-electron chi connectivity index (χ4n) is 2.90. The van der Waals surface area contributed by atoms with Gasteiger partial charge in [0.05, 0.1) is 7.11 Å². The number of hydrogen-bond donors (Lipinski definition) is 0. The minimum Gasteiger partial charge on any atom is -0.465 e. The summed E-state index contributed by atoms with van der Waals surface area (Å²) in [6, 6.07) is 0.502. The molecule has 0 amide bonds. The quantitative estimate of drug-likeness (QED) is 0.770. The Morgan fingerprint density at radius 3 is 3.05 bits per heavy atom. The van der Waals surface area contributed by atoms with Crippen molar-refractivity contribution < 1.29 is 9.53 Å². The SMILES string of the molecule is CCCC(C)C1CCCN1c1nc(Cl)c(C(=O)OC)s1. The number of aromatic nitrogens is 1. The number of anilines is 1. The lowest BCUT2D eigenvalue weighted by atomic mass is 9.95. The second kappa shape index (κ2) is 6.76. The van der Waals surface area contributed by atoms with Crippen molar-refractivity contribution >= 4 is 34.0 Å². The van der Waals surface area contributed by atoms with Crippen LogP contribution in [-0.4, -0.2) is 30.6 Å². The number of carbonyl (C=O) groups is 1. The zero-order chi connectivity index (χ0) is 14.7. The molecule has 20 heavy (non-hydrogen) atoms. The minimum atomic E-state index is -0.406.